The van der Waals surface area contributed by atoms with E-state index in [2.05, 4.69) is 46.8 Å². The van der Waals surface area contributed by atoms with E-state index in [0.29, 0.717) is 12.3 Å². The highest BCUT2D eigenvalue weighted by molar-refractivity contribution is 8.14. The number of aliphatic imine (C=N–C) groups is 1. The van der Waals surface area contributed by atoms with Crippen molar-refractivity contribution in [3.05, 3.63) is 72.3 Å². The standard InChI is InChI=1S/C22H21N3OS/c1-15(16-7-3-2-4-8-16)13-23-20(26)14-27-22-24-18-11-5-9-17-10-6-12-19(25-22)21(17)18/h2-12,15H,13-14H2,1H3,(H,23,26)(H,24,25)/t15-/m1/s1. The summed E-state index contributed by atoms with van der Waals surface area (Å²) in [4.78, 5) is 16.9. The number of benzene rings is 3. The first kappa shape index (κ1) is 17.6. The van der Waals surface area contributed by atoms with Crippen LogP contribution in [-0.4, -0.2) is 23.4 Å². The summed E-state index contributed by atoms with van der Waals surface area (Å²) < 4.78 is 0. The molecule has 0 saturated heterocycles. The number of hydrogen-bond acceptors (Lipinski definition) is 4. The molecule has 2 N–H and O–H groups in total. The Hall–Kier alpha value is -2.79. The predicted octanol–water partition coefficient (Wildman–Crippen LogP) is 4.91. The molecule has 3 aromatic carbocycles. The molecule has 1 amide bonds. The van der Waals surface area contributed by atoms with Crippen molar-refractivity contribution in [2.45, 2.75) is 12.8 Å². The van der Waals surface area contributed by atoms with Crippen molar-refractivity contribution in [2.75, 3.05) is 17.6 Å². The van der Waals surface area contributed by atoms with Crippen LogP contribution in [0.4, 0.5) is 11.4 Å². The summed E-state index contributed by atoms with van der Waals surface area (Å²) >= 11 is 1.43. The molecule has 0 bridgehead atoms. The minimum absolute atomic E-state index is 0.0179. The number of amidine groups is 1. The van der Waals surface area contributed by atoms with Gasteiger partial charge < -0.3 is 10.6 Å². The van der Waals surface area contributed by atoms with Crippen molar-refractivity contribution in [3.63, 3.8) is 0 Å². The molecule has 0 aliphatic carbocycles. The lowest BCUT2D eigenvalue weighted by atomic mass is 10.0. The van der Waals surface area contributed by atoms with Gasteiger partial charge in [0.15, 0.2) is 5.17 Å². The summed E-state index contributed by atoms with van der Waals surface area (Å²) in [6.07, 6.45) is 0. The molecule has 0 unspecified atom stereocenters. The summed E-state index contributed by atoms with van der Waals surface area (Å²) in [6.45, 7) is 2.75. The van der Waals surface area contributed by atoms with E-state index in [4.69, 9.17) is 0 Å². The summed E-state index contributed by atoms with van der Waals surface area (Å²) in [7, 11) is 0. The first-order valence-corrected chi connectivity index (χ1v) is 10.0. The minimum Gasteiger partial charge on any atom is -0.355 e. The van der Waals surface area contributed by atoms with Gasteiger partial charge in [-0.15, -0.1) is 0 Å². The number of nitrogens with zero attached hydrogens (tertiary/aromatic N) is 1. The van der Waals surface area contributed by atoms with Crippen LogP contribution in [0.3, 0.4) is 0 Å². The molecule has 4 nitrogen and oxygen atoms in total. The molecular formula is C22H21N3OS. The van der Waals surface area contributed by atoms with Gasteiger partial charge in [0.2, 0.25) is 5.91 Å². The molecule has 0 fully saturated rings. The lowest BCUT2D eigenvalue weighted by Gasteiger charge is -2.18. The van der Waals surface area contributed by atoms with Gasteiger partial charge in [0.05, 0.1) is 17.1 Å². The van der Waals surface area contributed by atoms with E-state index in [-0.39, 0.29) is 11.8 Å². The van der Waals surface area contributed by atoms with Gasteiger partial charge >= 0.3 is 0 Å². The highest BCUT2D eigenvalue weighted by Crippen LogP contribution is 2.36. The average Bonchev–Trinajstić information content (AvgIpc) is 2.71. The Labute approximate surface area is 163 Å². The number of thioether (sulfide) groups is 1. The molecule has 1 heterocycles. The normalized spacial score (nSPS) is 13.6. The molecule has 0 saturated carbocycles. The number of hydrogen-bond donors (Lipinski definition) is 2. The van der Waals surface area contributed by atoms with Gasteiger partial charge in [-0.25, -0.2) is 4.99 Å². The number of amides is 1. The van der Waals surface area contributed by atoms with Crippen molar-refractivity contribution in [1.29, 1.82) is 0 Å². The first-order chi connectivity index (χ1) is 13.2. The maximum atomic E-state index is 12.2. The van der Waals surface area contributed by atoms with Crippen molar-refractivity contribution in [2.24, 2.45) is 4.99 Å². The van der Waals surface area contributed by atoms with E-state index in [1.165, 1.54) is 17.3 Å². The van der Waals surface area contributed by atoms with Gasteiger partial charge in [-0.1, -0.05) is 73.3 Å². The van der Waals surface area contributed by atoms with E-state index < -0.39 is 0 Å². The maximum Gasteiger partial charge on any atom is 0.230 e. The molecule has 27 heavy (non-hydrogen) atoms. The topological polar surface area (TPSA) is 53.5 Å². The third-order valence-corrected chi connectivity index (χ3v) is 5.53. The van der Waals surface area contributed by atoms with Crippen LogP contribution in [0.1, 0.15) is 18.4 Å². The quantitative estimate of drug-likeness (QED) is 0.666. The predicted molar refractivity (Wildman–Crippen MR) is 115 cm³/mol. The highest BCUT2D eigenvalue weighted by atomic mass is 32.2. The first-order valence-electron chi connectivity index (χ1n) is 9.02. The molecule has 0 radical (unpaired) electrons. The van der Waals surface area contributed by atoms with Gasteiger partial charge in [-0.2, -0.15) is 0 Å². The van der Waals surface area contributed by atoms with Crippen LogP contribution in [0.15, 0.2) is 71.7 Å². The van der Waals surface area contributed by atoms with E-state index in [9.17, 15) is 4.79 Å². The summed E-state index contributed by atoms with van der Waals surface area (Å²) in [6, 6.07) is 22.5. The molecule has 1 aliphatic rings. The van der Waals surface area contributed by atoms with Crippen LogP contribution >= 0.6 is 11.8 Å². The van der Waals surface area contributed by atoms with Gasteiger partial charge in [0, 0.05) is 11.9 Å². The Balaban J connectivity index is 1.34. The van der Waals surface area contributed by atoms with Gasteiger partial charge in [-0.05, 0) is 29.0 Å². The lowest BCUT2D eigenvalue weighted by Crippen LogP contribution is -2.29. The number of rotatable bonds is 5. The Bertz CT molecular complexity index is 996. The van der Waals surface area contributed by atoms with Gasteiger partial charge in [-0.3, -0.25) is 4.79 Å². The fraction of sp³-hybridized carbons (Fsp3) is 0.182. The summed E-state index contributed by atoms with van der Waals surface area (Å²) in [5.41, 5.74) is 3.22. The lowest BCUT2D eigenvalue weighted by molar-refractivity contribution is -0.118. The number of anilines is 1. The monoisotopic (exact) mass is 375 g/mol. The van der Waals surface area contributed by atoms with E-state index in [0.717, 1.165) is 27.3 Å². The van der Waals surface area contributed by atoms with Crippen molar-refractivity contribution >= 4 is 45.0 Å². The Kier molecular flexibility index (Phi) is 5.12. The zero-order valence-corrected chi connectivity index (χ0v) is 15.9. The molecule has 0 aromatic heterocycles. The van der Waals surface area contributed by atoms with Crippen LogP contribution in [0.5, 0.6) is 0 Å². The second kappa shape index (κ2) is 7.84. The van der Waals surface area contributed by atoms with Crippen LogP contribution in [0.25, 0.3) is 10.8 Å². The zero-order valence-electron chi connectivity index (χ0n) is 15.1. The molecule has 1 atom stereocenters. The molecule has 3 aromatic rings. The third-order valence-electron chi connectivity index (χ3n) is 4.66. The maximum absolute atomic E-state index is 12.2. The molecule has 5 heteroatoms. The fourth-order valence-corrected chi connectivity index (χ4v) is 3.91. The van der Waals surface area contributed by atoms with Crippen LogP contribution in [0.2, 0.25) is 0 Å². The fourth-order valence-electron chi connectivity index (χ4n) is 3.19. The summed E-state index contributed by atoms with van der Waals surface area (Å²) in [5, 5.41) is 9.41. The van der Waals surface area contributed by atoms with Gasteiger partial charge in [0.25, 0.3) is 0 Å². The Morgan fingerprint density at radius 2 is 1.85 bits per heavy atom. The number of carbonyl (C=O) groups is 1. The van der Waals surface area contributed by atoms with Gasteiger partial charge in [0.1, 0.15) is 0 Å². The largest absolute Gasteiger partial charge is 0.355 e. The number of nitrogens with one attached hydrogen (secondary N) is 2. The van der Waals surface area contributed by atoms with E-state index >= 15 is 0 Å². The molecule has 0 spiro atoms. The Morgan fingerprint density at radius 3 is 2.67 bits per heavy atom. The van der Waals surface area contributed by atoms with E-state index in [1.807, 2.05) is 42.5 Å². The molecule has 1 aliphatic heterocycles. The summed E-state index contributed by atoms with van der Waals surface area (Å²) in [5.74, 6) is 0.644. The van der Waals surface area contributed by atoms with E-state index in [1.54, 1.807) is 0 Å². The van der Waals surface area contributed by atoms with Crippen molar-refractivity contribution in [1.82, 2.24) is 5.32 Å². The van der Waals surface area contributed by atoms with Crippen LogP contribution in [-0.2, 0) is 4.79 Å². The molecular weight excluding hydrogens is 354 g/mol. The SMILES string of the molecule is C[C@H](CNC(=O)CSC1=Nc2cccc3cccc(c23)N1)c1ccccc1. The molecule has 136 valence electrons. The van der Waals surface area contributed by atoms with Crippen LogP contribution in [0, 0.1) is 0 Å². The highest BCUT2D eigenvalue weighted by Gasteiger charge is 2.16. The second-order valence-electron chi connectivity index (χ2n) is 6.63. The van der Waals surface area contributed by atoms with Crippen LogP contribution < -0.4 is 10.6 Å². The smallest absolute Gasteiger partial charge is 0.230 e. The number of carbonyl (C=O) groups excluding carboxylic acids is 1. The third kappa shape index (κ3) is 3.98. The zero-order chi connectivity index (χ0) is 18.6. The minimum atomic E-state index is 0.0179. The Morgan fingerprint density at radius 1 is 1.07 bits per heavy atom. The second-order valence-corrected chi connectivity index (χ2v) is 7.59. The van der Waals surface area contributed by atoms with Crippen molar-refractivity contribution < 1.29 is 4.79 Å². The average molecular weight is 375 g/mol. The molecule has 4 rings (SSSR count). The van der Waals surface area contributed by atoms with Crippen molar-refractivity contribution in [3.8, 4) is 0 Å².